The van der Waals surface area contributed by atoms with Crippen molar-refractivity contribution in [2.24, 2.45) is 7.05 Å². The molecule has 1 heterocycles. The summed E-state index contributed by atoms with van der Waals surface area (Å²) in [7, 11) is 1.89. The van der Waals surface area contributed by atoms with E-state index >= 15 is 0 Å². The van der Waals surface area contributed by atoms with Crippen molar-refractivity contribution >= 4 is 0 Å². The van der Waals surface area contributed by atoms with Gasteiger partial charge in [0.2, 0.25) is 0 Å². The molecule has 0 saturated carbocycles. The van der Waals surface area contributed by atoms with Crippen LogP contribution in [0.15, 0.2) is 30.6 Å². The largest absolute Gasteiger partial charge is 0.319 e. The summed E-state index contributed by atoms with van der Waals surface area (Å²) in [4.78, 5) is 0. The van der Waals surface area contributed by atoms with Gasteiger partial charge >= 0.3 is 0 Å². The maximum Gasteiger partial charge on any atom is 0.149 e. The van der Waals surface area contributed by atoms with Crippen LogP contribution in [-0.2, 0) is 7.05 Å². The number of halogens is 1. The molecule has 1 N–H and O–H groups in total. The Kier molecular flexibility index (Phi) is 3.72. The Morgan fingerprint density at radius 2 is 1.94 bits per heavy atom. The first-order chi connectivity index (χ1) is 8.59. The van der Waals surface area contributed by atoms with Crippen molar-refractivity contribution < 1.29 is 4.39 Å². The van der Waals surface area contributed by atoms with Crippen LogP contribution >= 0.6 is 0 Å². The molecule has 0 saturated heterocycles. The number of rotatable bonds is 4. The fourth-order valence-corrected chi connectivity index (χ4v) is 2.05. The van der Waals surface area contributed by atoms with Gasteiger partial charge in [-0.05, 0) is 19.9 Å². The number of benzene rings is 1. The average Bonchev–Trinajstić information content (AvgIpc) is 2.76. The molecule has 0 amide bonds. The van der Waals surface area contributed by atoms with Crippen LogP contribution in [0.4, 0.5) is 4.39 Å². The van der Waals surface area contributed by atoms with Crippen molar-refractivity contribution in [3.8, 4) is 0 Å². The molecule has 2 atom stereocenters. The van der Waals surface area contributed by atoms with Crippen LogP contribution in [-0.4, -0.2) is 14.8 Å². The molecule has 0 radical (unpaired) electrons. The van der Waals surface area contributed by atoms with E-state index in [4.69, 9.17) is 0 Å². The lowest BCUT2D eigenvalue weighted by Crippen LogP contribution is -2.25. The second-order valence-electron chi connectivity index (χ2n) is 4.43. The van der Waals surface area contributed by atoms with E-state index in [1.807, 2.05) is 31.5 Å². The number of hydrogen-bond donors (Lipinski definition) is 1. The van der Waals surface area contributed by atoms with Gasteiger partial charge in [-0.2, -0.15) is 0 Å². The molecule has 0 aliphatic rings. The highest BCUT2D eigenvalue weighted by Gasteiger charge is 2.16. The van der Waals surface area contributed by atoms with E-state index in [9.17, 15) is 4.39 Å². The molecule has 0 bridgehead atoms. The summed E-state index contributed by atoms with van der Waals surface area (Å²) in [5.41, 5.74) is 0.659. The normalized spacial score (nSPS) is 14.4. The molecule has 1 aromatic heterocycles. The van der Waals surface area contributed by atoms with E-state index in [2.05, 4.69) is 15.5 Å². The lowest BCUT2D eigenvalue weighted by molar-refractivity contribution is 0.451. The van der Waals surface area contributed by atoms with E-state index in [-0.39, 0.29) is 17.9 Å². The number of nitrogens with zero attached hydrogens (tertiary/aromatic N) is 3. The SMILES string of the molecule is CC(NC(C)c1nncn1C)c1ccccc1F. The third kappa shape index (κ3) is 2.56. The zero-order chi connectivity index (χ0) is 13.1. The van der Waals surface area contributed by atoms with Gasteiger partial charge in [0.25, 0.3) is 0 Å². The molecule has 0 aliphatic heterocycles. The van der Waals surface area contributed by atoms with Gasteiger partial charge in [-0.25, -0.2) is 4.39 Å². The van der Waals surface area contributed by atoms with Crippen LogP contribution in [0.3, 0.4) is 0 Å². The average molecular weight is 248 g/mol. The first kappa shape index (κ1) is 12.7. The standard InChI is InChI=1S/C13H17FN4/c1-9(11-6-4-5-7-12(11)14)16-10(2)13-17-15-8-18(13)3/h4-10,16H,1-3H3. The lowest BCUT2D eigenvalue weighted by Gasteiger charge is -2.20. The van der Waals surface area contributed by atoms with E-state index in [1.165, 1.54) is 6.07 Å². The molecule has 1 aromatic carbocycles. The van der Waals surface area contributed by atoms with Gasteiger partial charge in [0, 0.05) is 18.7 Å². The molecule has 2 aromatic rings. The Labute approximate surface area is 106 Å². The maximum atomic E-state index is 13.6. The number of nitrogens with one attached hydrogen (secondary N) is 1. The van der Waals surface area contributed by atoms with Crippen molar-refractivity contribution in [2.75, 3.05) is 0 Å². The zero-order valence-electron chi connectivity index (χ0n) is 10.8. The molecule has 18 heavy (non-hydrogen) atoms. The zero-order valence-corrected chi connectivity index (χ0v) is 10.8. The fourth-order valence-electron chi connectivity index (χ4n) is 2.05. The number of hydrogen-bond acceptors (Lipinski definition) is 3. The van der Waals surface area contributed by atoms with Crippen LogP contribution in [0.25, 0.3) is 0 Å². The van der Waals surface area contributed by atoms with Crippen molar-refractivity contribution in [1.29, 1.82) is 0 Å². The van der Waals surface area contributed by atoms with E-state index in [0.29, 0.717) is 5.56 Å². The van der Waals surface area contributed by atoms with Crippen LogP contribution in [0.2, 0.25) is 0 Å². The predicted octanol–water partition coefficient (Wildman–Crippen LogP) is 2.37. The number of aryl methyl sites for hydroxylation is 1. The van der Waals surface area contributed by atoms with Crippen molar-refractivity contribution in [1.82, 2.24) is 20.1 Å². The minimum absolute atomic E-state index is 0.00658. The summed E-state index contributed by atoms with van der Waals surface area (Å²) in [6.07, 6.45) is 1.65. The molecule has 2 rings (SSSR count). The van der Waals surface area contributed by atoms with Gasteiger partial charge in [-0.1, -0.05) is 18.2 Å². The second-order valence-corrected chi connectivity index (χ2v) is 4.43. The van der Waals surface area contributed by atoms with Crippen LogP contribution in [0, 0.1) is 5.82 Å². The molecule has 4 nitrogen and oxygen atoms in total. The number of aromatic nitrogens is 3. The van der Waals surface area contributed by atoms with Crippen molar-refractivity contribution in [3.63, 3.8) is 0 Å². The van der Waals surface area contributed by atoms with Crippen LogP contribution < -0.4 is 5.32 Å². The van der Waals surface area contributed by atoms with E-state index < -0.39 is 0 Å². The lowest BCUT2D eigenvalue weighted by atomic mass is 10.1. The maximum absolute atomic E-state index is 13.6. The minimum atomic E-state index is -0.192. The minimum Gasteiger partial charge on any atom is -0.319 e. The Morgan fingerprint density at radius 3 is 2.56 bits per heavy atom. The molecule has 96 valence electrons. The first-order valence-corrected chi connectivity index (χ1v) is 5.94. The van der Waals surface area contributed by atoms with Gasteiger partial charge in [-0.3, -0.25) is 0 Å². The topological polar surface area (TPSA) is 42.7 Å². The summed E-state index contributed by atoms with van der Waals surface area (Å²) >= 11 is 0. The molecule has 0 spiro atoms. The molecule has 5 heteroatoms. The monoisotopic (exact) mass is 248 g/mol. The smallest absolute Gasteiger partial charge is 0.149 e. The summed E-state index contributed by atoms with van der Waals surface area (Å²) in [6, 6.07) is 6.71. The molecule has 0 aliphatic carbocycles. The van der Waals surface area contributed by atoms with Gasteiger partial charge in [0.15, 0.2) is 0 Å². The van der Waals surface area contributed by atoms with Gasteiger partial charge in [-0.15, -0.1) is 10.2 Å². The third-order valence-corrected chi connectivity index (χ3v) is 3.01. The third-order valence-electron chi connectivity index (χ3n) is 3.01. The Bertz CT molecular complexity index is 523. The molecule has 0 fully saturated rings. The highest BCUT2D eigenvalue weighted by molar-refractivity contribution is 5.20. The molecule has 2 unspecified atom stereocenters. The van der Waals surface area contributed by atoms with Crippen LogP contribution in [0.1, 0.15) is 37.3 Å². The summed E-state index contributed by atoms with van der Waals surface area (Å²) in [5.74, 6) is 0.640. The predicted molar refractivity (Wildman–Crippen MR) is 67.4 cm³/mol. The highest BCUT2D eigenvalue weighted by atomic mass is 19.1. The summed E-state index contributed by atoms with van der Waals surface area (Å²) in [6.45, 7) is 3.92. The highest BCUT2D eigenvalue weighted by Crippen LogP contribution is 2.20. The second kappa shape index (κ2) is 5.27. The molecular formula is C13H17FN4. The Hall–Kier alpha value is -1.75. The summed E-state index contributed by atoms with van der Waals surface area (Å²) < 4.78 is 15.5. The Balaban J connectivity index is 2.11. The van der Waals surface area contributed by atoms with E-state index in [0.717, 1.165) is 5.82 Å². The fraction of sp³-hybridized carbons (Fsp3) is 0.385. The van der Waals surface area contributed by atoms with Gasteiger partial charge in [0.05, 0.1) is 6.04 Å². The van der Waals surface area contributed by atoms with Crippen LogP contribution in [0.5, 0.6) is 0 Å². The quantitative estimate of drug-likeness (QED) is 0.903. The molecular weight excluding hydrogens is 231 g/mol. The van der Waals surface area contributed by atoms with Gasteiger partial charge < -0.3 is 9.88 Å². The first-order valence-electron chi connectivity index (χ1n) is 5.94. The van der Waals surface area contributed by atoms with Crippen molar-refractivity contribution in [2.45, 2.75) is 25.9 Å². The summed E-state index contributed by atoms with van der Waals surface area (Å²) in [5, 5.41) is 11.2. The van der Waals surface area contributed by atoms with Crippen molar-refractivity contribution in [3.05, 3.63) is 47.8 Å². The Morgan fingerprint density at radius 1 is 1.22 bits per heavy atom. The van der Waals surface area contributed by atoms with E-state index in [1.54, 1.807) is 18.5 Å². The van der Waals surface area contributed by atoms with Gasteiger partial charge in [0.1, 0.15) is 18.0 Å².